The molecule has 31 heavy (non-hydrogen) atoms. The Hall–Kier alpha value is -2.72. The van der Waals surface area contributed by atoms with Crippen molar-refractivity contribution in [2.75, 3.05) is 14.2 Å². The molecule has 162 valence electrons. The smallest absolute Gasteiger partial charge is 0.132 e. The topological polar surface area (TPSA) is 39.7 Å². The van der Waals surface area contributed by atoms with Crippen molar-refractivity contribution < 1.29 is 14.2 Å². The summed E-state index contributed by atoms with van der Waals surface area (Å²) in [5, 5.41) is 6.52. The molecule has 5 rings (SSSR count). The monoisotopic (exact) mass is 417 g/mol. The second kappa shape index (κ2) is 8.08. The highest BCUT2D eigenvalue weighted by Crippen LogP contribution is 2.51. The number of nitrogens with one attached hydrogen (secondary N) is 1. The van der Waals surface area contributed by atoms with Crippen LogP contribution in [0.15, 0.2) is 54.6 Å². The van der Waals surface area contributed by atoms with Crippen LogP contribution in [0.25, 0.3) is 10.8 Å². The van der Waals surface area contributed by atoms with Crippen LogP contribution < -0.4 is 19.5 Å². The molecule has 1 unspecified atom stereocenters. The summed E-state index contributed by atoms with van der Waals surface area (Å²) < 4.78 is 18.0. The average molecular weight is 418 g/mol. The van der Waals surface area contributed by atoms with Gasteiger partial charge in [-0.15, -0.1) is 0 Å². The molecule has 0 bridgehead atoms. The molecule has 1 saturated carbocycles. The number of rotatable bonds is 5. The van der Waals surface area contributed by atoms with Crippen LogP contribution in [0, 0.1) is 0 Å². The van der Waals surface area contributed by atoms with Gasteiger partial charge in [-0.3, -0.25) is 0 Å². The zero-order valence-corrected chi connectivity index (χ0v) is 18.6. The third-order valence-corrected chi connectivity index (χ3v) is 7.04. The third kappa shape index (κ3) is 3.63. The van der Waals surface area contributed by atoms with E-state index < -0.39 is 0 Å². The van der Waals surface area contributed by atoms with Crippen LogP contribution in [-0.4, -0.2) is 19.8 Å². The standard InChI is InChI=1S/C27H31NO3/c1-18(21-12-8-10-19-9-4-5-11-22(19)21)28-23-17-27(13-6-7-14-27)31-25-16-20(29-2)15-24(30-3)26(23)25/h4-5,8-12,15-16,18,23,28H,6-7,13-14,17H2,1-3H3/t18?,23-/m0/s1. The van der Waals surface area contributed by atoms with Crippen molar-refractivity contribution in [1.29, 1.82) is 0 Å². The van der Waals surface area contributed by atoms with Crippen molar-refractivity contribution in [2.45, 2.75) is 56.7 Å². The van der Waals surface area contributed by atoms with Crippen molar-refractivity contribution in [1.82, 2.24) is 5.32 Å². The summed E-state index contributed by atoms with van der Waals surface area (Å²) in [5.41, 5.74) is 2.33. The Morgan fingerprint density at radius 3 is 2.55 bits per heavy atom. The van der Waals surface area contributed by atoms with E-state index in [2.05, 4.69) is 54.7 Å². The highest BCUT2D eigenvalue weighted by molar-refractivity contribution is 5.86. The Morgan fingerprint density at radius 1 is 1.00 bits per heavy atom. The predicted octanol–water partition coefficient (Wildman–Crippen LogP) is 6.34. The van der Waals surface area contributed by atoms with Crippen molar-refractivity contribution in [2.24, 2.45) is 0 Å². The Balaban J connectivity index is 1.55. The molecule has 2 aliphatic rings. The molecule has 4 nitrogen and oxygen atoms in total. The van der Waals surface area contributed by atoms with E-state index >= 15 is 0 Å². The molecule has 0 saturated heterocycles. The maximum Gasteiger partial charge on any atom is 0.132 e. The average Bonchev–Trinajstić information content (AvgIpc) is 3.24. The van der Waals surface area contributed by atoms with Crippen molar-refractivity contribution in [3.05, 3.63) is 65.7 Å². The minimum atomic E-state index is -0.0967. The summed E-state index contributed by atoms with van der Waals surface area (Å²) in [6.07, 6.45) is 5.61. The van der Waals surface area contributed by atoms with Crippen LogP contribution in [0.2, 0.25) is 0 Å². The van der Waals surface area contributed by atoms with Crippen LogP contribution in [-0.2, 0) is 0 Å². The highest BCUT2D eigenvalue weighted by Gasteiger charge is 2.44. The van der Waals surface area contributed by atoms with E-state index in [1.165, 1.54) is 29.2 Å². The van der Waals surface area contributed by atoms with E-state index in [9.17, 15) is 0 Å². The first kappa shape index (κ1) is 20.2. The number of hydrogen-bond acceptors (Lipinski definition) is 4. The SMILES string of the molecule is COc1cc(OC)c2c(c1)OC1(CCCC1)C[C@@H]2NC(C)c1cccc2ccccc12. The van der Waals surface area contributed by atoms with E-state index in [0.717, 1.165) is 42.1 Å². The minimum Gasteiger partial charge on any atom is -0.496 e. The van der Waals surface area contributed by atoms with Gasteiger partial charge in [-0.2, -0.15) is 0 Å². The molecule has 0 amide bonds. The van der Waals surface area contributed by atoms with Crippen LogP contribution in [0.4, 0.5) is 0 Å². The number of benzene rings is 3. The lowest BCUT2D eigenvalue weighted by atomic mass is 9.84. The van der Waals surface area contributed by atoms with Crippen molar-refractivity contribution in [3.8, 4) is 17.2 Å². The molecular formula is C27H31NO3. The Kier molecular flexibility index (Phi) is 5.27. The van der Waals surface area contributed by atoms with Crippen molar-refractivity contribution in [3.63, 3.8) is 0 Å². The van der Waals surface area contributed by atoms with E-state index in [0.29, 0.717) is 0 Å². The van der Waals surface area contributed by atoms with Gasteiger partial charge in [0.2, 0.25) is 0 Å². The molecule has 1 aliphatic heterocycles. The molecule has 1 heterocycles. The lowest BCUT2D eigenvalue weighted by Crippen LogP contribution is -2.42. The maximum absolute atomic E-state index is 6.65. The van der Waals surface area contributed by atoms with Gasteiger partial charge < -0.3 is 19.5 Å². The zero-order chi connectivity index (χ0) is 21.4. The number of hydrogen-bond donors (Lipinski definition) is 1. The van der Waals surface area contributed by atoms with Gasteiger partial charge in [-0.05, 0) is 48.9 Å². The van der Waals surface area contributed by atoms with Gasteiger partial charge in [0, 0.05) is 30.6 Å². The molecule has 2 atom stereocenters. The van der Waals surface area contributed by atoms with Crippen LogP contribution in [0.1, 0.15) is 62.2 Å². The summed E-state index contributed by atoms with van der Waals surface area (Å²) in [6.45, 7) is 2.26. The van der Waals surface area contributed by atoms with E-state index in [-0.39, 0.29) is 17.7 Å². The van der Waals surface area contributed by atoms with Crippen LogP contribution in [0.3, 0.4) is 0 Å². The number of methoxy groups -OCH3 is 2. The molecular weight excluding hydrogens is 386 g/mol. The highest BCUT2D eigenvalue weighted by atomic mass is 16.5. The minimum absolute atomic E-state index is 0.0967. The van der Waals surface area contributed by atoms with Gasteiger partial charge in [0.25, 0.3) is 0 Å². The van der Waals surface area contributed by atoms with E-state index in [1.54, 1.807) is 14.2 Å². The summed E-state index contributed by atoms with van der Waals surface area (Å²) in [4.78, 5) is 0. The summed E-state index contributed by atoms with van der Waals surface area (Å²) in [6, 6.07) is 19.5. The fourth-order valence-corrected chi connectivity index (χ4v) is 5.53. The van der Waals surface area contributed by atoms with Gasteiger partial charge in [-0.1, -0.05) is 42.5 Å². The molecule has 1 spiro atoms. The maximum atomic E-state index is 6.65. The largest absolute Gasteiger partial charge is 0.496 e. The summed E-state index contributed by atoms with van der Waals surface area (Å²) in [7, 11) is 3.41. The first-order valence-electron chi connectivity index (χ1n) is 11.3. The van der Waals surface area contributed by atoms with E-state index in [1.807, 2.05) is 12.1 Å². The molecule has 3 aromatic carbocycles. The summed E-state index contributed by atoms with van der Waals surface area (Å²) >= 11 is 0. The van der Waals surface area contributed by atoms with Gasteiger partial charge in [0.05, 0.1) is 19.8 Å². The molecule has 0 aromatic heterocycles. The molecule has 1 N–H and O–H groups in total. The zero-order valence-electron chi connectivity index (χ0n) is 18.6. The molecule has 4 heteroatoms. The van der Waals surface area contributed by atoms with Crippen molar-refractivity contribution >= 4 is 10.8 Å². The first-order chi connectivity index (χ1) is 15.1. The third-order valence-electron chi connectivity index (χ3n) is 7.04. The van der Waals surface area contributed by atoms with Gasteiger partial charge >= 0.3 is 0 Å². The Labute approximate surface area is 184 Å². The fraction of sp³-hybridized carbons (Fsp3) is 0.407. The van der Waals surface area contributed by atoms with Crippen LogP contribution in [0.5, 0.6) is 17.2 Å². The number of ether oxygens (including phenoxy) is 3. The predicted molar refractivity (Wildman–Crippen MR) is 124 cm³/mol. The van der Waals surface area contributed by atoms with Crippen LogP contribution >= 0.6 is 0 Å². The van der Waals surface area contributed by atoms with Gasteiger partial charge in [0.1, 0.15) is 22.8 Å². The quantitative estimate of drug-likeness (QED) is 0.525. The van der Waals surface area contributed by atoms with Gasteiger partial charge in [-0.25, -0.2) is 0 Å². The first-order valence-corrected chi connectivity index (χ1v) is 11.3. The van der Waals surface area contributed by atoms with E-state index in [4.69, 9.17) is 14.2 Å². The van der Waals surface area contributed by atoms with Gasteiger partial charge in [0.15, 0.2) is 0 Å². The molecule has 0 radical (unpaired) electrons. The lowest BCUT2D eigenvalue weighted by molar-refractivity contribution is 0.0338. The lowest BCUT2D eigenvalue weighted by Gasteiger charge is -2.42. The molecule has 1 aliphatic carbocycles. The second-order valence-corrected chi connectivity index (χ2v) is 8.95. The fourth-order valence-electron chi connectivity index (χ4n) is 5.53. The second-order valence-electron chi connectivity index (χ2n) is 8.95. The Bertz CT molecular complexity index is 1080. The summed E-state index contributed by atoms with van der Waals surface area (Å²) in [5.74, 6) is 2.49. The molecule has 1 fully saturated rings. The normalized spacial score (nSPS) is 20.3. The molecule has 3 aromatic rings. The Morgan fingerprint density at radius 2 is 1.77 bits per heavy atom. The number of fused-ring (bicyclic) bond motifs is 2.